The highest BCUT2D eigenvalue weighted by Crippen LogP contribution is 2.62. The van der Waals surface area contributed by atoms with E-state index in [0.29, 0.717) is 31.0 Å². The van der Waals surface area contributed by atoms with Gasteiger partial charge in [0, 0.05) is 5.41 Å². The van der Waals surface area contributed by atoms with Crippen LogP contribution in [0, 0.1) is 22.7 Å². The highest BCUT2D eigenvalue weighted by atomic mass is 16.7. The molecule has 2 aliphatic carbocycles. The van der Waals surface area contributed by atoms with Crippen LogP contribution in [-0.4, -0.2) is 47.2 Å². The van der Waals surface area contributed by atoms with Crippen molar-refractivity contribution >= 4 is 5.97 Å². The zero-order valence-electron chi connectivity index (χ0n) is 17.2. The normalized spacial score (nSPS) is 36.8. The molecule has 158 valence electrons. The first-order valence-electron chi connectivity index (χ1n) is 10.4. The third-order valence-electron chi connectivity index (χ3n) is 7.58. The van der Waals surface area contributed by atoms with Gasteiger partial charge in [0.15, 0.2) is 5.75 Å². The van der Waals surface area contributed by atoms with Gasteiger partial charge in [-0.15, -0.1) is 0 Å². The molecule has 0 amide bonds. The Morgan fingerprint density at radius 1 is 1.31 bits per heavy atom. The standard InChI is InChI=1S/C22H30N2O5/c1-14-4-5-17-21(2,8-6-18-22(17,3)12-27-13-29-18)16(14)7-9-28-15-10-23-19(20(25)26)24-11-15/h10-11,16-18H,1,4-9,12-13H2,2-3H3,(H,25,26)/t16-,17?,18-,21+,22+/m1/s1. The minimum absolute atomic E-state index is 0.0472. The van der Waals surface area contributed by atoms with E-state index >= 15 is 0 Å². The quantitative estimate of drug-likeness (QED) is 0.751. The number of carboxylic acids is 1. The van der Waals surface area contributed by atoms with Crippen molar-refractivity contribution in [2.75, 3.05) is 20.0 Å². The van der Waals surface area contributed by atoms with Crippen LogP contribution in [0.15, 0.2) is 24.5 Å². The van der Waals surface area contributed by atoms with Crippen LogP contribution in [0.2, 0.25) is 0 Å². The average molecular weight is 402 g/mol. The van der Waals surface area contributed by atoms with E-state index in [4.69, 9.17) is 19.3 Å². The Kier molecular flexibility index (Phi) is 5.38. The van der Waals surface area contributed by atoms with E-state index in [1.165, 1.54) is 18.0 Å². The van der Waals surface area contributed by atoms with E-state index in [9.17, 15) is 4.79 Å². The Hall–Kier alpha value is -1.99. The predicted molar refractivity (Wildman–Crippen MR) is 106 cm³/mol. The van der Waals surface area contributed by atoms with Gasteiger partial charge in [0.2, 0.25) is 5.82 Å². The van der Waals surface area contributed by atoms with Crippen LogP contribution < -0.4 is 4.74 Å². The molecule has 0 radical (unpaired) electrons. The lowest BCUT2D eigenvalue weighted by Crippen LogP contribution is -2.60. The fourth-order valence-corrected chi connectivity index (χ4v) is 6.16. The number of allylic oxidation sites excluding steroid dienone is 1. The Morgan fingerprint density at radius 2 is 2.07 bits per heavy atom. The summed E-state index contributed by atoms with van der Waals surface area (Å²) in [5.41, 5.74) is 1.51. The second kappa shape index (κ2) is 7.69. The van der Waals surface area contributed by atoms with Crippen LogP contribution >= 0.6 is 0 Å². The summed E-state index contributed by atoms with van der Waals surface area (Å²) in [5, 5.41) is 8.90. The van der Waals surface area contributed by atoms with Gasteiger partial charge in [0.25, 0.3) is 0 Å². The monoisotopic (exact) mass is 402 g/mol. The van der Waals surface area contributed by atoms with Crippen LogP contribution in [0.25, 0.3) is 0 Å². The second-order valence-corrected chi connectivity index (χ2v) is 9.16. The molecule has 5 atom stereocenters. The van der Waals surface area contributed by atoms with Gasteiger partial charge in [-0.05, 0) is 49.4 Å². The van der Waals surface area contributed by atoms with E-state index in [2.05, 4.69) is 30.4 Å². The van der Waals surface area contributed by atoms with Crippen LogP contribution in [0.1, 0.15) is 56.6 Å². The number of rotatable bonds is 5. The first-order valence-corrected chi connectivity index (χ1v) is 10.4. The number of nitrogens with zero attached hydrogens (tertiary/aromatic N) is 2. The van der Waals surface area contributed by atoms with Crippen molar-refractivity contribution in [3.8, 4) is 5.75 Å². The Bertz CT molecular complexity index is 782. The summed E-state index contributed by atoms with van der Waals surface area (Å²) in [7, 11) is 0. The summed E-state index contributed by atoms with van der Waals surface area (Å²) in [5.74, 6) is 0.0230. The lowest BCUT2D eigenvalue weighted by Gasteiger charge is -2.62. The van der Waals surface area contributed by atoms with Gasteiger partial charge >= 0.3 is 5.97 Å². The molecule has 7 nitrogen and oxygen atoms in total. The van der Waals surface area contributed by atoms with Gasteiger partial charge in [-0.2, -0.15) is 0 Å². The molecule has 1 saturated heterocycles. The van der Waals surface area contributed by atoms with Gasteiger partial charge in [-0.3, -0.25) is 0 Å². The highest BCUT2D eigenvalue weighted by molar-refractivity contribution is 5.82. The molecule has 1 aliphatic heterocycles. The van der Waals surface area contributed by atoms with Gasteiger partial charge in [-0.25, -0.2) is 14.8 Å². The van der Waals surface area contributed by atoms with Crippen molar-refractivity contribution in [2.24, 2.45) is 22.7 Å². The zero-order valence-corrected chi connectivity index (χ0v) is 17.2. The first-order chi connectivity index (χ1) is 13.8. The van der Waals surface area contributed by atoms with Crippen molar-refractivity contribution in [2.45, 2.75) is 52.1 Å². The Labute approximate surface area is 171 Å². The van der Waals surface area contributed by atoms with Crippen molar-refractivity contribution in [3.05, 3.63) is 30.4 Å². The highest BCUT2D eigenvalue weighted by Gasteiger charge is 2.59. The van der Waals surface area contributed by atoms with Crippen LogP contribution in [0.4, 0.5) is 0 Å². The molecule has 1 unspecified atom stereocenters. The number of hydrogen-bond acceptors (Lipinski definition) is 6. The smallest absolute Gasteiger partial charge is 0.373 e. The van der Waals surface area contributed by atoms with Gasteiger partial charge in [-0.1, -0.05) is 26.0 Å². The third-order valence-corrected chi connectivity index (χ3v) is 7.58. The summed E-state index contributed by atoms with van der Waals surface area (Å²) >= 11 is 0. The van der Waals surface area contributed by atoms with Crippen molar-refractivity contribution < 1.29 is 24.1 Å². The van der Waals surface area contributed by atoms with E-state index in [0.717, 1.165) is 38.7 Å². The maximum absolute atomic E-state index is 10.9. The number of ether oxygens (including phenoxy) is 3. The van der Waals surface area contributed by atoms with E-state index in [-0.39, 0.29) is 22.8 Å². The van der Waals surface area contributed by atoms with Gasteiger partial charge < -0.3 is 19.3 Å². The van der Waals surface area contributed by atoms with Crippen molar-refractivity contribution in [3.63, 3.8) is 0 Å². The maximum Gasteiger partial charge on any atom is 0.373 e. The topological polar surface area (TPSA) is 90.8 Å². The van der Waals surface area contributed by atoms with E-state index < -0.39 is 5.97 Å². The van der Waals surface area contributed by atoms with E-state index in [1.807, 2.05) is 0 Å². The molecule has 1 aromatic rings. The molecule has 2 heterocycles. The number of aromatic carboxylic acids is 1. The molecule has 7 heteroatoms. The Morgan fingerprint density at radius 3 is 2.79 bits per heavy atom. The molecule has 1 aromatic heterocycles. The van der Waals surface area contributed by atoms with Crippen LogP contribution in [0.5, 0.6) is 5.75 Å². The molecule has 29 heavy (non-hydrogen) atoms. The molecule has 0 spiro atoms. The maximum atomic E-state index is 10.9. The van der Waals surface area contributed by atoms with Crippen LogP contribution in [-0.2, 0) is 9.47 Å². The summed E-state index contributed by atoms with van der Waals surface area (Å²) in [6.45, 7) is 10.9. The SMILES string of the molecule is C=C1CCC2[C@]3(C)COCO[C@@H]3CC[C@@]2(C)[C@@H]1CCOc1cnc(C(=O)O)nc1. The minimum atomic E-state index is -1.14. The first kappa shape index (κ1) is 20.3. The van der Waals surface area contributed by atoms with Gasteiger partial charge in [0.05, 0.1) is 31.7 Å². The summed E-state index contributed by atoms with van der Waals surface area (Å²) in [6.07, 6.45) is 8.33. The number of carbonyl (C=O) groups is 1. The largest absolute Gasteiger partial charge is 0.490 e. The Balaban J connectivity index is 1.45. The molecular weight excluding hydrogens is 372 g/mol. The molecule has 4 rings (SSSR count). The molecule has 3 aliphatic rings. The molecule has 0 bridgehead atoms. The van der Waals surface area contributed by atoms with E-state index in [1.54, 1.807) is 0 Å². The number of aromatic nitrogens is 2. The molecule has 3 fully saturated rings. The second-order valence-electron chi connectivity index (χ2n) is 9.16. The molecule has 0 aromatic carbocycles. The third kappa shape index (κ3) is 3.55. The number of fused-ring (bicyclic) bond motifs is 3. The summed E-state index contributed by atoms with van der Waals surface area (Å²) in [4.78, 5) is 18.5. The molecule has 1 N–H and O–H groups in total. The lowest BCUT2D eigenvalue weighted by molar-refractivity contribution is -0.260. The molecule has 2 saturated carbocycles. The molecular formula is C22H30N2O5. The predicted octanol–water partition coefficient (Wildman–Crippen LogP) is 3.71. The van der Waals surface area contributed by atoms with Crippen LogP contribution in [0.3, 0.4) is 0 Å². The minimum Gasteiger partial charge on any atom is -0.490 e. The fourth-order valence-electron chi connectivity index (χ4n) is 6.16. The average Bonchev–Trinajstić information content (AvgIpc) is 2.70. The van der Waals surface area contributed by atoms with Gasteiger partial charge in [0.1, 0.15) is 6.79 Å². The lowest BCUT2D eigenvalue weighted by atomic mass is 9.46. The summed E-state index contributed by atoms with van der Waals surface area (Å²) in [6, 6.07) is 0. The van der Waals surface area contributed by atoms with Crippen molar-refractivity contribution in [1.29, 1.82) is 0 Å². The van der Waals surface area contributed by atoms with Crippen molar-refractivity contribution in [1.82, 2.24) is 9.97 Å². The summed E-state index contributed by atoms with van der Waals surface area (Å²) < 4.78 is 17.6. The number of hydrogen-bond donors (Lipinski definition) is 1. The number of carboxylic acid groups (broad SMARTS) is 1. The fraction of sp³-hybridized carbons (Fsp3) is 0.682. The zero-order chi connectivity index (χ0) is 20.6.